The molecular weight excluding hydrogens is 119 g/mol. The smallest absolute Gasteiger partial charge is 0 e. The predicted molar refractivity (Wildman–Crippen MR) is 21.6 cm³/mol. The minimum Gasteiger partial charge on any atom is -0.0801 e. The number of allylic oxidation sites excluding steroid dienone is 4. The van der Waals surface area contributed by atoms with Crippen LogP contribution in [-0.2, 0) is 16.8 Å². The zero-order valence-electron chi connectivity index (χ0n) is 3.27. The molecule has 0 bridgehead atoms. The Bertz CT molecular complexity index is 62.0. The molecule has 0 saturated carbocycles. The fourth-order valence-corrected chi connectivity index (χ4v) is 0.340. The van der Waals surface area contributed by atoms with E-state index in [4.69, 9.17) is 0 Å². The van der Waals surface area contributed by atoms with Crippen molar-refractivity contribution in [2.75, 3.05) is 0 Å². The van der Waals surface area contributed by atoms with Gasteiger partial charge in [0.2, 0.25) is 0 Å². The van der Waals surface area contributed by atoms with Gasteiger partial charge in [0, 0.05) is 16.8 Å². The SMILES string of the molecule is [C]1=CC=CC1.[Co]. The second-order valence-corrected chi connectivity index (χ2v) is 1.00. The Kier molecular flexibility index (Phi) is 3.18. The van der Waals surface area contributed by atoms with Gasteiger partial charge in [0.1, 0.15) is 0 Å². The van der Waals surface area contributed by atoms with Crippen LogP contribution in [0.1, 0.15) is 6.42 Å². The normalized spacial score (nSPS) is 14.7. The second-order valence-electron chi connectivity index (χ2n) is 1.00. The van der Waals surface area contributed by atoms with Crippen molar-refractivity contribution in [1.29, 1.82) is 0 Å². The summed E-state index contributed by atoms with van der Waals surface area (Å²) in [6.45, 7) is 0. The van der Waals surface area contributed by atoms with Crippen molar-refractivity contribution in [2.24, 2.45) is 0 Å². The van der Waals surface area contributed by atoms with Crippen LogP contribution in [0.3, 0.4) is 0 Å². The van der Waals surface area contributed by atoms with E-state index in [9.17, 15) is 0 Å². The standard InChI is InChI=1S/C5H5.Co/c1-2-4-5-3-1;/h1-3H,4H2;. The molecule has 0 aromatic heterocycles. The average molecular weight is 124 g/mol. The number of hydrogen-bond acceptors (Lipinski definition) is 0. The molecule has 34 valence electrons. The zero-order valence-corrected chi connectivity index (χ0v) is 4.31. The molecule has 0 aliphatic heterocycles. The minimum absolute atomic E-state index is 0. The van der Waals surface area contributed by atoms with Crippen molar-refractivity contribution in [3.05, 3.63) is 24.3 Å². The van der Waals surface area contributed by atoms with Crippen molar-refractivity contribution < 1.29 is 16.8 Å². The van der Waals surface area contributed by atoms with Gasteiger partial charge in [-0.15, -0.1) is 0 Å². The first-order valence-corrected chi connectivity index (χ1v) is 1.72. The van der Waals surface area contributed by atoms with Gasteiger partial charge in [-0.05, 0) is 12.5 Å². The molecule has 0 unspecified atom stereocenters. The molecule has 0 spiro atoms. The molecule has 1 aliphatic rings. The van der Waals surface area contributed by atoms with Crippen molar-refractivity contribution >= 4 is 0 Å². The Balaban J connectivity index is 0.000000250. The van der Waals surface area contributed by atoms with E-state index >= 15 is 0 Å². The summed E-state index contributed by atoms with van der Waals surface area (Å²) in [6, 6.07) is 0. The fraction of sp³-hybridized carbons (Fsp3) is 0.200. The van der Waals surface area contributed by atoms with Crippen LogP contribution < -0.4 is 0 Å². The molecule has 0 fully saturated rings. The minimum atomic E-state index is 0. The maximum absolute atomic E-state index is 2.99. The van der Waals surface area contributed by atoms with Gasteiger partial charge in [0.15, 0.2) is 0 Å². The van der Waals surface area contributed by atoms with Crippen molar-refractivity contribution in [1.82, 2.24) is 0 Å². The van der Waals surface area contributed by atoms with Gasteiger partial charge in [0.05, 0.1) is 0 Å². The van der Waals surface area contributed by atoms with Crippen molar-refractivity contribution in [3.8, 4) is 0 Å². The summed E-state index contributed by atoms with van der Waals surface area (Å²) < 4.78 is 0. The van der Waals surface area contributed by atoms with Crippen LogP contribution in [0, 0.1) is 6.08 Å². The van der Waals surface area contributed by atoms with E-state index < -0.39 is 0 Å². The Morgan fingerprint density at radius 1 is 1.50 bits per heavy atom. The third-order valence-corrected chi connectivity index (χ3v) is 0.586. The van der Waals surface area contributed by atoms with Crippen molar-refractivity contribution in [3.63, 3.8) is 0 Å². The molecule has 0 aromatic carbocycles. The van der Waals surface area contributed by atoms with E-state index in [0.717, 1.165) is 6.42 Å². The number of hydrogen-bond donors (Lipinski definition) is 0. The Morgan fingerprint density at radius 2 is 2.33 bits per heavy atom. The van der Waals surface area contributed by atoms with Crippen LogP contribution in [0.5, 0.6) is 0 Å². The van der Waals surface area contributed by atoms with E-state index in [2.05, 4.69) is 12.2 Å². The summed E-state index contributed by atoms with van der Waals surface area (Å²) in [5.74, 6) is 0. The Hall–Kier alpha value is -0.0135. The van der Waals surface area contributed by atoms with Crippen LogP contribution in [0.15, 0.2) is 18.2 Å². The topological polar surface area (TPSA) is 0 Å². The van der Waals surface area contributed by atoms with Crippen LogP contribution in [0.2, 0.25) is 0 Å². The summed E-state index contributed by atoms with van der Waals surface area (Å²) in [4.78, 5) is 0. The third-order valence-electron chi connectivity index (χ3n) is 0.586. The summed E-state index contributed by atoms with van der Waals surface area (Å²) in [7, 11) is 0. The molecule has 0 amide bonds. The Morgan fingerprint density at radius 3 is 2.50 bits per heavy atom. The molecule has 1 rings (SSSR count). The van der Waals surface area contributed by atoms with Crippen LogP contribution in [0.25, 0.3) is 0 Å². The fourth-order valence-electron chi connectivity index (χ4n) is 0.340. The molecule has 0 aromatic rings. The van der Waals surface area contributed by atoms with Gasteiger partial charge in [0.25, 0.3) is 0 Å². The van der Waals surface area contributed by atoms with Crippen LogP contribution in [-0.4, -0.2) is 0 Å². The first-order valence-electron chi connectivity index (χ1n) is 1.72. The summed E-state index contributed by atoms with van der Waals surface area (Å²) in [5.41, 5.74) is 0. The predicted octanol–water partition coefficient (Wildman–Crippen LogP) is 1.30. The largest absolute Gasteiger partial charge is 0.0801 e. The van der Waals surface area contributed by atoms with E-state index in [1.54, 1.807) is 0 Å². The molecule has 1 aliphatic carbocycles. The average Bonchev–Trinajstić information content (AvgIpc) is 1.76. The number of rotatable bonds is 0. The summed E-state index contributed by atoms with van der Waals surface area (Å²) in [6.07, 6.45) is 10.0. The maximum Gasteiger partial charge on any atom is 0 e. The first kappa shape index (κ1) is 5.99. The molecule has 0 nitrogen and oxygen atoms in total. The van der Waals surface area contributed by atoms with Gasteiger partial charge < -0.3 is 0 Å². The molecule has 0 heterocycles. The summed E-state index contributed by atoms with van der Waals surface area (Å²) in [5, 5.41) is 0. The quantitative estimate of drug-likeness (QED) is 0.456. The molecule has 2 radical (unpaired) electrons. The van der Waals surface area contributed by atoms with Gasteiger partial charge in [-0.2, -0.15) is 0 Å². The van der Waals surface area contributed by atoms with E-state index in [1.807, 2.05) is 12.2 Å². The van der Waals surface area contributed by atoms with E-state index in [1.165, 1.54) is 0 Å². The molecule has 0 atom stereocenters. The van der Waals surface area contributed by atoms with E-state index in [0.29, 0.717) is 0 Å². The molecule has 0 N–H and O–H groups in total. The summed E-state index contributed by atoms with van der Waals surface area (Å²) >= 11 is 0. The van der Waals surface area contributed by atoms with Gasteiger partial charge in [-0.25, -0.2) is 0 Å². The van der Waals surface area contributed by atoms with Gasteiger partial charge in [-0.3, -0.25) is 0 Å². The molecule has 1 heteroatoms. The second kappa shape index (κ2) is 3.19. The third kappa shape index (κ3) is 1.43. The van der Waals surface area contributed by atoms with Gasteiger partial charge >= 0.3 is 0 Å². The van der Waals surface area contributed by atoms with Gasteiger partial charge in [-0.1, -0.05) is 18.2 Å². The first-order chi connectivity index (χ1) is 2.50. The molecule has 0 saturated heterocycles. The van der Waals surface area contributed by atoms with E-state index in [-0.39, 0.29) is 16.8 Å². The Labute approximate surface area is 48.1 Å². The van der Waals surface area contributed by atoms with Crippen LogP contribution in [0.4, 0.5) is 0 Å². The van der Waals surface area contributed by atoms with Crippen molar-refractivity contribution in [2.45, 2.75) is 6.42 Å². The maximum atomic E-state index is 2.99. The van der Waals surface area contributed by atoms with Crippen LogP contribution >= 0.6 is 0 Å². The molecule has 6 heavy (non-hydrogen) atoms. The zero-order chi connectivity index (χ0) is 3.54. The monoisotopic (exact) mass is 124 g/mol. The molecular formula is C5H5Co.